The molecule has 1 aromatic carbocycles. The van der Waals surface area contributed by atoms with E-state index in [1.807, 2.05) is 0 Å². The van der Waals surface area contributed by atoms with Crippen LogP contribution in [-0.4, -0.2) is 41.9 Å². The van der Waals surface area contributed by atoms with Crippen LogP contribution in [0.25, 0.3) is 0 Å². The number of likely N-dealkylation sites (N-methyl/N-ethyl adjacent to an activating group) is 1. The second-order valence-corrected chi connectivity index (χ2v) is 7.30. The van der Waals surface area contributed by atoms with Crippen molar-refractivity contribution in [2.75, 3.05) is 25.0 Å². The lowest BCUT2D eigenvalue weighted by molar-refractivity contribution is -0.384. The Hall–Kier alpha value is -1.95. The third-order valence-electron chi connectivity index (χ3n) is 5.77. The van der Waals surface area contributed by atoms with Gasteiger partial charge >= 0.3 is 0 Å². The summed E-state index contributed by atoms with van der Waals surface area (Å²) in [6.45, 7) is 1.44. The summed E-state index contributed by atoms with van der Waals surface area (Å²) in [6.07, 6.45) is 8.98. The third-order valence-corrected chi connectivity index (χ3v) is 5.77. The molecule has 1 aliphatic carbocycles. The van der Waals surface area contributed by atoms with Crippen LogP contribution in [-0.2, 0) is 4.79 Å². The van der Waals surface area contributed by atoms with Crippen molar-refractivity contribution in [2.45, 2.75) is 51.0 Å². The van der Waals surface area contributed by atoms with E-state index in [0.717, 1.165) is 12.5 Å². The molecule has 0 N–H and O–H groups in total. The molecule has 1 atom stereocenters. The third kappa shape index (κ3) is 4.18. The number of hydrogen-bond donors (Lipinski definition) is 0. The standard InChI is InChI=1S/C19H27N3O3/c1-20(16-9-11-17(12-10-16)22(24)25)19(23)14-21-13-5-8-18(21)15-6-3-2-4-7-15/h9-12,15,18H,2-8,13-14H2,1H3. The number of likely N-dealkylation sites (tertiary alicyclic amines) is 1. The predicted molar refractivity (Wildman–Crippen MR) is 97.7 cm³/mol. The van der Waals surface area contributed by atoms with Crippen LogP contribution in [0.1, 0.15) is 44.9 Å². The van der Waals surface area contributed by atoms with Gasteiger partial charge in [0.15, 0.2) is 0 Å². The molecule has 1 aromatic rings. The Balaban J connectivity index is 1.61. The molecule has 1 saturated heterocycles. The van der Waals surface area contributed by atoms with Gasteiger partial charge in [-0.05, 0) is 50.3 Å². The molecule has 0 radical (unpaired) electrons. The number of carbonyl (C=O) groups excluding carboxylic acids is 1. The van der Waals surface area contributed by atoms with Crippen molar-refractivity contribution < 1.29 is 9.72 Å². The molecule has 1 heterocycles. The molecule has 6 nitrogen and oxygen atoms in total. The van der Waals surface area contributed by atoms with Gasteiger partial charge in [-0.15, -0.1) is 0 Å². The van der Waals surface area contributed by atoms with Crippen LogP contribution in [0, 0.1) is 16.0 Å². The van der Waals surface area contributed by atoms with Crippen molar-refractivity contribution in [3.05, 3.63) is 34.4 Å². The molecular weight excluding hydrogens is 318 g/mol. The highest BCUT2D eigenvalue weighted by Gasteiger charge is 2.33. The highest BCUT2D eigenvalue weighted by Crippen LogP contribution is 2.34. The quantitative estimate of drug-likeness (QED) is 0.604. The normalized spacial score (nSPS) is 22.0. The monoisotopic (exact) mass is 345 g/mol. The van der Waals surface area contributed by atoms with Gasteiger partial charge in [0, 0.05) is 30.9 Å². The molecule has 1 unspecified atom stereocenters. The number of nitrogens with zero attached hydrogens (tertiary/aromatic N) is 3. The molecule has 1 aliphatic heterocycles. The maximum atomic E-state index is 12.7. The van der Waals surface area contributed by atoms with E-state index in [4.69, 9.17) is 0 Å². The van der Waals surface area contributed by atoms with E-state index < -0.39 is 4.92 Å². The summed E-state index contributed by atoms with van der Waals surface area (Å²) in [6, 6.07) is 6.71. The summed E-state index contributed by atoms with van der Waals surface area (Å²) in [5.41, 5.74) is 0.741. The maximum absolute atomic E-state index is 12.7. The van der Waals surface area contributed by atoms with Crippen LogP contribution >= 0.6 is 0 Å². The lowest BCUT2D eigenvalue weighted by Crippen LogP contribution is -2.43. The van der Waals surface area contributed by atoms with Crippen molar-refractivity contribution >= 4 is 17.3 Å². The van der Waals surface area contributed by atoms with E-state index in [1.165, 1.54) is 57.1 Å². The number of carbonyl (C=O) groups is 1. The Labute approximate surface area is 148 Å². The predicted octanol–water partition coefficient (Wildman–Crippen LogP) is 3.60. The van der Waals surface area contributed by atoms with Crippen molar-refractivity contribution in [3.8, 4) is 0 Å². The topological polar surface area (TPSA) is 66.7 Å². The molecule has 0 aromatic heterocycles. The minimum atomic E-state index is -0.426. The van der Waals surface area contributed by atoms with E-state index in [0.29, 0.717) is 18.3 Å². The van der Waals surface area contributed by atoms with Crippen molar-refractivity contribution in [1.29, 1.82) is 0 Å². The molecule has 6 heteroatoms. The van der Waals surface area contributed by atoms with Gasteiger partial charge in [0.1, 0.15) is 0 Å². The van der Waals surface area contributed by atoms with E-state index in [1.54, 1.807) is 24.1 Å². The van der Waals surface area contributed by atoms with Gasteiger partial charge in [-0.25, -0.2) is 0 Å². The average Bonchev–Trinajstić information content (AvgIpc) is 3.10. The number of non-ortho nitro benzene ring substituents is 1. The van der Waals surface area contributed by atoms with E-state index >= 15 is 0 Å². The second kappa shape index (κ2) is 7.95. The molecule has 136 valence electrons. The van der Waals surface area contributed by atoms with Gasteiger partial charge in [0.05, 0.1) is 11.5 Å². The first kappa shape index (κ1) is 17.9. The van der Waals surface area contributed by atoms with Crippen molar-refractivity contribution in [3.63, 3.8) is 0 Å². The van der Waals surface area contributed by atoms with E-state index in [2.05, 4.69) is 4.90 Å². The summed E-state index contributed by atoms with van der Waals surface area (Å²) in [5.74, 6) is 0.797. The number of nitro benzene ring substituents is 1. The number of anilines is 1. The lowest BCUT2D eigenvalue weighted by atomic mass is 9.83. The van der Waals surface area contributed by atoms with Crippen LogP contribution in [0.4, 0.5) is 11.4 Å². The van der Waals surface area contributed by atoms with Crippen LogP contribution < -0.4 is 4.90 Å². The fourth-order valence-corrected chi connectivity index (χ4v) is 4.32. The Morgan fingerprint density at radius 1 is 1.16 bits per heavy atom. The lowest BCUT2D eigenvalue weighted by Gasteiger charge is -2.34. The van der Waals surface area contributed by atoms with Crippen LogP contribution in [0.5, 0.6) is 0 Å². The highest BCUT2D eigenvalue weighted by molar-refractivity contribution is 5.94. The summed E-state index contributed by atoms with van der Waals surface area (Å²) in [5, 5.41) is 10.8. The first-order chi connectivity index (χ1) is 12.1. The first-order valence-electron chi connectivity index (χ1n) is 9.31. The van der Waals surface area contributed by atoms with E-state index in [9.17, 15) is 14.9 Å². The van der Waals surface area contributed by atoms with Gasteiger partial charge in [0.25, 0.3) is 5.69 Å². The Morgan fingerprint density at radius 2 is 1.84 bits per heavy atom. The number of hydrogen-bond acceptors (Lipinski definition) is 4. The Kier molecular flexibility index (Phi) is 5.68. The molecule has 0 spiro atoms. The fourth-order valence-electron chi connectivity index (χ4n) is 4.32. The Bertz CT molecular complexity index is 611. The van der Waals surface area contributed by atoms with Crippen LogP contribution in [0.3, 0.4) is 0 Å². The fraction of sp³-hybridized carbons (Fsp3) is 0.632. The molecule has 1 amide bonds. The molecular formula is C19H27N3O3. The van der Waals surface area contributed by atoms with E-state index in [-0.39, 0.29) is 11.6 Å². The molecule has 0 bridgehead atoms. The zero-order chi connectivity index (χ0) is 17.8. The highest BCUT2D eigenvalue weighted by atomic mass is 16.6. The number of rotatable bonds is 5. The second-order valence-electron chi connectivity index (χ2n) is 7.30. The summed E-state index contributed by atoms with van der Waals surface area (Å²) in [4.78, 5) is 27.0. The summed E-state index contributed by atoms with van der Waals surface area (Å²) in [7, 11) is 1.75. The first-order valence-corrected chi connectivity index (χ1v) is 9.31. The Morgan fingerprint density at radius 3 is 2.48 bits per heavy atom. The SMILES string of the molecule is CN(C(=O)CN1CCCC1C1CCCCC1)c1ccc([N+](=O)[O-])cc1. The molecule has 3 rings (SSSR count). The summed E-state index contributed by atoms with van der Waals surface area (Å²) >= 11 is 0. The average molecular weight is 345 g/mol. The number of nitro groups is 1. The van der Waals surface area contributed by atoms with Gasteiger partial charge in [-0.3, -0.25) is 19.8 Å². The minimum absolute atomic E-state index is 0.0431. The molecule has 2 aliphatic rings. The number of amides is 1. The maximum Gasteiger partial charge on any atom is 0.269 e. The largest absolute Gasteiger partial charge is 0.314 e. The molecule has 2 fully saturated rings. The number of benzene rings is 1. The van der Waals surface area contributed by atoms with Crippen LogP contribution in [0.2, 0.25) is 0 Å². The smallest absolute Gasteiger partial charge is 0.269 e. The molecule has 1 saturated carbocycles. The summed E-state index contributed by atoms with van der Waals surface area (Å²) < 4.78 is 0. The zero-order valence-electron chi connectivity index (χ0n) is 14.9. The van der Waals surface area contributed by atoms with Crippen molar-refractivity contribution in [2.24, 2.45) is 5.92 Å². The van der Waals surface area contributed by atoms with Gasteiger partial charge in [-0.2, -0.15) is 0 Å². The van der Waals surface area contributed by atoms with Gasteiger partial charge in [-0.1, -0.05) is 19.3 Å². The van der Waals surface area contributed by atoms with Gasteiger partial charge < -0.3 is 4.90 Å². The van der Waals surface area contributed by atoms with Gasteiger partial charge in [0.2, 0.25) is 5.91 Å². The van der Waals surface area contributed by atoms with Crippen molar-refractivity contribution in [1.82, 2.24) is 4.90 Å². The minimum Gasteiger partial charge on any atom is -0.314 e. The zero-order valence-corrected chi connectivity index (χ0v) is 14.9. The molecule has 25 heavy (non-hydrogen) atoms. The van der Waals surface area contributed by atoms with Crippen LogP contribution in [0.15, 0.2) is 24.3 Å².